The molecule has 15 unspecified atom stereocenters. The molecule has 3 saturated heterocycles. The molecule has 19 N–H and O–H groups in total. The fraction of sp³-hybridized carbons (Fsp3) is 0.855. The van der Waals surface area contributed by atoms with Crippen molar-refractivity contribution in [1.82, 2.24) is 53.2 Å². The molecule has 99 heavy (non-hydrogen) atoms. The highest BCUT2D eigenvalue weighted by molar-refractivity contribution is 5.78. The summed E-state index contributed by atoms with van der Waals surface area (Å²) in [5.74, 6) is -3.28. The van der Waals surface area contributed by atoms with Crippen LogP contribution in [0.3, 0.4) is 0 Å². The lowest BCUT2D eigenvalue weighted by Gasteiger charge is -2.42. The summed E-state index contributed by atoms with van der Waals surface area (Å²) in [6, 6.07) is -3.46. The van der Waals surface area contributed by atoms with Crippen molar-refractivity contribution in [3.8, 4) is 0 Å². The van der Waals surface area contributed by atoms with E-state index in [0.29, 0.717) is 44.9 Å². The zero-order valence-corrected chi connectivity index (χ0v) is 57.5. The minimum atomic E-state index is -1.50. The second-order valence-electron chi connectivity index (χ2n) is 24.7. The molecule has 3 fully saturated rings. The van der Waals surface area contributed by atoms with E-state index in [0.717, 1.165) is 0 Å². The van der Waals surface area contributed by atoms with Gasteiger partial charge in [-0.2, -0.15) is 0 Å². The van der Waals surface area contributed by atoms with Gasteiger partial charge in [-0.25, -0.2) is 0 Å². The van der Waals surface area contributed by atoms with Crippen molar-refractivity contribution < 1.29 is 132 Å². The second-order valence-corrected chi connectivity index (χ2v) is 24.7. The lowest BCUT2D eigenvalue weighted by atomic mass is 9.97. The maximum Gasteiger partial charge on any atom is 0.222 e. The molecule has 9 amide bonds. The summed E-state index contributed by atoms with van der Waals surface area (Å²) >= 11 is 0. The number of aliphatic hydroxyl groups excluding tert-OH is 9. The lowest BCUT2D eigenvalue weighted by molar-refractivity contribution is -0.270. The first-order valence-electron chi connectivity index (χ1n) is 33.9. The molecule has 0 spiro atoms. The summed E-state index contributed by atoms with van der Waals surface area (Å²) in [4.78, 5) is 111. The molecule has 3 heterocycles. The number of nitrogens with one attached hydrogen (secondary N) is 10. The number of unbranched alkanes of at least 4 members (excludes halogenated alkanes) is 2. The van der Waals surface area contributed by atoms with Crippen LogP contribution >= 0.6 is 0 Å². The van der Waals surface area contributed by atoms with Gasteiger partial charge < -0.3 is 142 Å². The molecule has 3 rings (SSSR count). The Hall–Kier alpha value is -5.53. The van der Waals surface area contributed by atoms with E-state index in [-0.39, 0.29) is 173 Å². The van der Waals surface area contributed by atoms with Crippen molar-refractivity contribution >= 4 is 53.2 Å². The van der Waals surface area contributed by atoms with Gasteiger partial charge >= 0.3 is 0 Å². The van der Waals surface area contributed by atoms with Crippen LogP contribution < -0.4 is 53.2 Å². The van der Waals surface area contributed by atoms with E-state index in [1.54, 1.807) is 0 Å². The SMILES string of the molecule is CC(=O)NC1C(OCCCCC(=O)NCCCNC(=O)CCOCC(COCCC(=O)NCCCNC(=O)CCCCOC2OC(CO)C(O)C(O)C2NC(C)=O)(COCCC(=O)NCCCNC(=O)CCOC2OC(CO)C(O)C(O)C2NC(C)=O)NC(C)C)OC(CO)C(O)C1O. The van der Waals surface area contributed by atoms with Crippen LogP contribution in [0.4, 0.5) is 0 Å². The van der Waals surface area contributed by atoms with Crippen LogP contribution in [0.5, 0.6) is 0 Å². The number of hydrogen-bond acceptors (Lipinski definition) is 28. The summed E-state index contributed by atoms with van der Waals surface area (Å²) in [5.41, 5.74) is -1.03. The topological polar surface area (TPSA) is 539 Å². The Bertz CT molecular complexity index is 2290. The standard InChI is InChI=1S/C62H112N10O27/c1-37(2)72-62(36-93-29-17-48(83)67-23-12-24-68-49(84)18-30-96-61-52(71-40(5)78)58(90)55(87)43(33-75)99-61,34-91-27-15-46(81)65-21-10-19-63-44(79)13-6-8-25-94-59-50(69-38(3)76)56(88)53(85)41(31-73)97-59)35-92-28-16-47(82)66-22-11-20-64-45(80)14-7-9-26-95-60-51(70-39(4)77)57(89)54(86)42(32-74)98-60/h37,41-43,50-61,72-75,85-90H,6-36H2,1-5H3,(H,63,79)(H,64,80)(H,65,81)(H,66,82)(H,67,83)(H,68,84)(H,69,76)(H,70,77)(H,71,78). The number of carbonyl (C=O) groups excluding carboxylic acids is 9. The highest BCUT2D eigenvalue weighted by atomic mass is 16.7. The summed E-state index contributed by atoms with van der Waals surface area (Å²) in [6.45, 7) is 7.12. The molecule has 0 aromatic carbocycles. The van der Waals surface area contributed by atoms with Gasteiger partial charge in [0.25, 0.3) is 0 Å². The highest BCUT2D eigenvalue weighted by Gasteiger charge is 2.48. The Kier molecular flexibility index (Phi) is 43.5. The molecular weight excluding hydrogens is 1320 g/mol. The monoisotopic (exact) mass is 1430 g/mol. The first kappa shape index (κ1) is 87.7. The Morgan fingerprint density at radius 2 is 0.626 bits per heavy atom. The average molecular weight is 1430 g/mol. The number of aliphatic hydroxyl groups is 9. The minimum absolute atomic E-state index is 0.00280. The van der Waals surface area contributed by atoms with Crippen molar-refractivity contribution in [1.29, 1.82) is 0 Å². The van der Waals surface area contributed by atoms with Crippen LogP contribution in [-0.2, 0) is 85.8 Å². The fourth-order valence-electron chi connectivity index (χ4n) is 10.6. The third kappa shape index (κ3) is 34.8. The normalized spacial score (nSPS) is 25.9. The molecule has 0 aromatic rings. The molecule has 0 saturated carbocycles. The molecule has 37 nitrogen and oxygen atoms in total. The van der Waals surface area contributed by atoms with Gasteiger partial charge in [0.05, 0.1) is 78.0 Å². The Morgan fingerprint density at radius 3 is 0.889 bits per heavy atom. The van der Waals surface area contributed by atoms with Crippen LogP contribution in [0.1, 0.15) is 118 Å². The number of rotatable bonds is 51. The zero-order valence-electron chi connectivity index (χ0n) is 57.5. The third-order valence-corrected chi connectivity index (χ3v) is 15.7. The van der Waals surface area contributed by atoms with Gasteiger partial charge in [0, 0.05) is 111 Å². The zero-order chi connectivity index (χ0) is 73.3. The number of hydrogen-bond donors (Lipinski definition) is 19. The van der Waals surface area contributed by atoms with Crippen molar-refractivity contribution in [2.45, 2.75) is 222 Å². The van der Waals surface area contributed by atoms with Gasteiger partial charge in [-0.1, -0.05) is 13.8 Å². The summed E-state index contributed by atoms with van der Waals surface area (Å²) in [6.07, 6.45) is -12.6. The van der Waals surface area contributed by atoms with Crippen LogP contribution in [0.2, 0.25) is 0 Å². The minimum Gasteiger partial charge on any atom is -0.394 e. The van der Waals surface area contributed by atoms with E-state index < -0.39 is 141 Å². The van der Waals surface area contributed by atoms with Crippen LogP contribution in [0.25, 0.3) is 0 Å². The maximum atomic E-state index is 12.8. The summed E-state index contributed by atoms with van der Waals surface area (Å²) in [5, 5.41) is 118. The molecule has 0 aromatic heterocycles. The third-order valence-electron chi connectivity index (χ3n) is 15.7. The Labute approximate surface area is 576 Å². The number of amides is 9. The van der Waals surface area contributed by atoms with Crippen molar-refractivity contribution in [3.05, 3.63) is 0 Å². The van der Waals surface area contributed by atoms with Gasteiger partial charge in [0.15, 0.2) is 18.9 Å². The molecule has 0 radical (unpaired) electrons. The largest absolute Gasteiger partial charge is 0.394 e. The van der Waals surface area contributed by atoms with E-state index in [2.05, 4.69) is 53.2 Å². The Balaban J connectivity index is 1.41. The quantitative estimate of drug-likeness (QED) is 0.0252. The average Bonchev–Trinajstić information content (AvgIpc) is 0.830. The number of carbonyl (C=O) groups is 9. The summed E-state index contributed by atoms with van der Waals surface area (Å²) in [7, 11) is 0. The van der Waals surface area contributed by atoms with Crippen LogP contribution in [-0.4, -0.2) is 321 Å². The number of ether oxygens (including phenoxy) is 9. The van der Waals surface area contributed by atoms with Gasteiger partial charge in [0.1, 0.15) is 73.1 Å². The van der Waals surface area contributed by atoms with E-state index >= 15 is 0 Å². The van der Waals surface area contributed by atoms with Gasteiger partial charge in [-0.05, 0) is 44.9 Å². The van der Waals surface area contributed by atoms with E-state index in [4.69, 9.17) is 42.6 Å². The molecule has 572 valence electrons. The van der Waals surface area contributed by atoms with Gasteiger partial charge in [-0.15, -0.1) is 0 Å². The van der Waals surface area contributed by atoms with E-state index in [1.165, 1.54) is 20.8 Å². The smallest absolute Gasteiger partial charge is 0.222 e. The highest BCUT2D eigenvalue weighted by Crippen LogP contribution is 2.25. The van der Waals surface area contributed by atoms with E-state index in [9.17, 15) is 89.1 Å². The van der Waals surface area contributed by atoms with Gasteiger partial charge in [-0.3, -0.25) is 43.2 Å². The predicted octanol–water partition coefficient (Wildman–Crippen LogP) is -7.58. The molecule has 0 aliphatic carbocycles. The molecule has 37 heteroatoms. The maximum absolute atomic E-state index is 12.8. The Morgan fingerprint density at radius 1 is 0.364 bits per heavy atom. The predicted molar refractivity (Wildman–Crippen MR) is 345 cm³/mol. The van der Waals surface area contributed by atoms with Crippen LogP contribution in [0.15, 0.2) is 0 Å². The molecule has 3 aliphatic rings. The van der Waals surface area contributed by atoms with Crippen molar-refractivity contribution in [2.75, 3.05) is 119 Å². The summed E-state index contributed by atoms with van der Waals surface area (Å²) < 4.78 is 51.7. The van der Waals surface area contributed by atoms with Crippen LogP contribution in [0, 0.1) is 0 Å². The second kappa shape index (κ2) is 49.1. The van der Waals surface area contributed by atoms with Crippen molar-refractivity contribution in [3.63, 3.8) is 0 Å². The lowest BCUT2D eigenvalue weighted by Crippen LogP contribution is -2.64. The van der Waals surface area contributed by atoms with Gasteiger partial charge in [0.2, 0.25) is 53.2 Å². The van der Waals surface area contributed by atoms with E-state index in [1.807, 2.05) is 13.8 Å². The first-order valence-corrected chi connectivity index (χ1v) is 33.9. The fourth-order valence-corrected chi connectivity index (χ4v) is 10.6. The molecule has 3 aliphatic heterocycles. The molecular formula is C62H112N10O27. The molecule has 0 bridgehead atoms. The molecule has 15 atom stereocenters. The first-order chi connectivity index (χ1) is 47.2. The van der Waals surface area contributed by atoms with Crippen molar-refractivity contribution in [2.24, 2.45) is 0 Å².